The van der Waals surface area contributed by atoms with Gasteiger partial charge >= 0.3 is 6.03 Å². The van der Waals surface area contributed by atoms with Crippen molar-refractivity contribution in [2.45, 2.75) is 32.1 Å². The van der Waals surface area contributed by atoms with Crippen molar-refractivity contribution in [3.63, 3.8) is 0 Å². The van der Waals surface area contributed by atoms with Gasteiger partial charge in [-0.05, 0) is 49.2 Å². The van der Waals surface area contributed by atoms with Crippen molar-refractivity contribution in [3.8, 4) is 0 Å². The molecule has 3 N–H and O–H groups in total. The van der Waals surface area contributed by atoms with Gasteiger partial charge in [0.05, 0.1) is 18.2 Å². The fraction of sp³-hybridized carbons (Fsp3) is 0.316. The number of rotatable bonds is 6. The highest BCUT2D eigenvalue weighted by atomic mass is 19.1. The molecular weight excluding hydrogens is 323 g/mol. The van der Waals surface area contributed by atoms with E-state index in [2.05, 4.69) is 10.6 Å². The lowest BCUT2D eigenvalue weighted by molar-refractivity contribution is 0.119. The van der Waals surface area contributed by atoms with E-state index in [-0.39, 0.29) is 11.9 Å². The molecule has 2 aromatic carbocycles. The van der Waals surface area contributed by atoms with Crippen molar-refractivity contribution in [2.24, 2.45) is 0 Å². The number of carbonyl (C=O) groups excluding carboxylic acids is 1. The molecule has 6 heteroatoms. The normalized spacial score (nSPS) is 14.4. The van der Waals surface area contributed by atoms with Gasteiger partial charge in [0.2, 0.25) is 0 Å². The lowest BCUT2D eigenvalue weighted by Crippen LogP contribution is -2.39. The molecule has 0 fully saturated rings. The molecule has 0 aromatic heterocycles. The van der Waals surface area contributed by atoms with Crippen molar-refractivity contribution in [3.05, 3.63) is 65.5 Å². The van der Waals surface area contributed by atoms with Crippen molar-refractivity contribution in [2.75, 3.05) is 12.4 Å². The molecule has 0 spiro atoms. The van der Waals surface area contributed by atoms with Crippen LogP contribution in [0.4, 0.5) is 14.9 Å². The van der Waals surface area contributed by atoms with Crippen molar-refractivity contribution < 1.29 is 19.0 Å². The summed E-state index contributed by atoms with van der Waals surface area (Å²) in [5, 5.41) is 15.7. The van der Waals surface area contributed by atoms with Crippen molar-refractivity contribution in [1.29, 1.82) is 0 Å². The lowest BCUT2D eigenvalue weighted by Gasteiger charge is -2.21. The van der Waals surface area contributed by atoms with Crippen LogP contribution >= 0.6 is 0 Å². The summed E-state index contributed by atoms with van der Waals surface area (Å²) >= 11 is 0. The smallest absolute Gasteiger partial charge is 0.319 e. The number of ether oxygens (including phenoxy) is 1. The van der Waals surface area contributed by atoms with Crippen molar-refractivity contribution >= 4 is 11.7 Å². The fourth-order valence-electron chi connectivity index (χ4n) is 2.41. The standard InChI is InChI=1S/C19H23FN2O3/c1-12(18(23)14-7-9-16(20)10-8-14)21-19(24)22-17-6-4-5-15(11-17)13(2)25-3/h4-13,18,23H,1-3H3,(H2,21,22,24). The molecule has 2 amide bonds. The Morgan fingerprint density at radius 1 is 1.12 bits per heavy atom. The van der Waals surface area contributed by atoms with Gasteiger partial charge in [-0.15, -0.1) is 0 Å². The predicted octanol–water partition coefficient (Wildman–Crippen LogP) is 3.78. The third-order valence-electron chi connectivity index (χ3n) is 4.01. The van der Waals surface area contributed by atoms with Gasteiger partial charge in [0.25, 0.3) is 0 Å². The summed E-state index contributed by atoms with van der Waals surface area (Å²) in [6, 6.07) is 11.9. The number of anilines is 1. The van der Waals surface area contributed by atoms with Crippen LogP contribution in [-0.4, -0.2) is 24.3 Å². The van der Waals surface area contributed by atoms with Gasteiger partial charge in [-0.2, -0.15) is 0 Å². The zero-order chi connectivity index (χ0) is 18.4. The van der Waals surface area contributed by atoms with Gasteiger partial charge in [-0.3, -0.25) is 0 Å². The number of nitrogens with one attached hydrogen (secondary N) is 2. The Morgan fingerprint density at radius 3 is 2.44 bits per heavy atom. The first kappa shape index (κ1) is 18.9. The third-order valence-corrected chi connectivity index (χ3v) is 4.01. The topological polar surface area (TPSA) is 70.6 Å². The summed E-state index contributed by atoms with van der Waals surface area (Å²) < 4.78 is 18.2. The molecule has 25 heavy (non-hydrogen) atoms. The van der Waals surface area contributed by atoms with E-state index < -0.39 is 18.2 Å². The zero-order valence-corrected chi connectivity index (χ0v) is 14.5. The van der Waals surface area contributed by atoms with Crippen molar-refractivity contribution in [1.82, 2.24) is 5.32 Å². The molecule has 0 saturated heterocycles. The summed E-state index contributed by atoms with van der Waals surface area (Å²) in [4.78, 5) is 12.1. The lowest BCUT2D eigenvalue weighted by atomic mass is 10.0. The number of hydrogen-bond donors (Lipinski definition) is 3. The highest BCUT2D eigenvalue weighted by Crippen LogP contribution is 2.20. The Hall–Kier alpha value is -2.44. The first-order chi connectivity index (χ1) is 11.9. The summed E-state index contributed by atoms with van der Waals surface area (Å²) in [5.41, 5.74) is 2.10. The van der Waals surface area contributed by atoms with E-state index in [0.717, 1.165) is 5.56 Å². The highest BCUT2D eigenvalue weighted by Gasteiger charge is 2.18. The molecule has 2 rings (SSSR count). The van der Waals surface area contributed by atoms with Crippen LogP contribution in [0.3, 0.4) is 0 Å². The minimum atomic E-state index is -0.939. The molecule has 0 aliphatic heterocycles. The fourth-order valence-corrected chi connectivity index (χ4v) is 2.41. The average molecular weight is 346 g/mol. The largest absolute Gasteiger partial charge is 0.386 e. The first-order valence-corrected chi connectivity index (χ1v) is 8.04. The van der Waals surface area contributed by atoms with Crippen LogP contribution in [0.1, 0.15) is 37.2 Å². The SMILES string of the molecule is COC(C)c1cccc(NC(=O)NC(C)C(O)c2ccc(F)cc2)c1. The quantitative estimate of drug-likeness (QED) is 0.745. The van der Waals surface area contributed by atoms with Crippen LogP contribution in [0, 0.1) is 5.82 Å². The number of benzene rings is 2. The summed E-state index contributed by atoms with van der Waals surface area (Å²) in [7, 11) is 1.62. The number of methoxy groups -OCH3 is 1. The van der Waals surface area contributed by atoms with Crippen LogP contribution in [-0.2, 0) is 4.74 Å². The monoisotopic (exact) mass is 346 g/mol. The van der Waals surface area contributed by atoms with E-state index >= 15 is 0 Å². The molecule has 0 bridgehead atoms. The van der Waals surface area contributed by atoms with E-state index in [9.17, 15) is 14.3 Å². The van der Waals surface area contributed by atoms with Gasteiger partial charge in [0.15, 0.2) is 0 Å². The second-order valence-corrected chi connectivity index (χ2v) is 5.89. The Balaban J connectivity index is 1.96. The number of carbonyl (C=O) groups is 1. The van der Waals surface area contributed by atoms with Gasteiger partial charge in [0.1, 0.15) is 5.82 Å². The molecule has 134 valence electrons. The second-order valence-electron chi connectivity index (χ2n) is 5.89. The van der Waals surface area contributed by atoms with Crippen LogP contribution in [0.15, 0.2) is 48.5 Å². The van der Waals surface area contributed by atoms with E-state index in [1.54, 1.807) is 20.1 Å². The first-order valence-electron chi connectivity index (χ1n) is 8.04. The van der Waals surface area contributed by atoms with Crippen LogP contribution in [0.5, 0.6) is 0 Å². The van der Waals surface area contributed by atoms with Gasteiger partial charge in [-0.25, -0.2) is 9.18 Å². The van der Waals surface area contributed by atoms with E-state index in [4.69, 9.17) is 4.74 Å². The molecule has 0 radical (unpaired) electrons. The molecule has 0 saturated carbocycles. The van der Waals surface area contributed by atoms with Crippen LogP contribution in [0.25, 0.3) is 0 Å². The second kappa shape index (κ2) is 8.60. The molecular formula is C19H23FN2O3. The number of aliphatic hydroxyl groups excluding tert-OH is 1. The minimum absolute atomic E-state index is 0.0796. The third kappa shape index (κ3) is 5.27. The van der Waals surface area contributed by atoms with Gasteiger partial charge < -0.3 is 20.5 Å². The molecule has 3 unspecified atom stereocenters. The highest BCUT2D eigenvalue weighted by molar-refractivity contribution is 5.89. The summed E-state index contributed by atoms with van der Waals surface area (Å²) in [6.45, 7) is 3.59. The van der Waals surface area contributed by atoms with Gasteiger partial charge in [0, 0.05) is 12.8 Å². The van der Waals surface area contributed by atoms with Crippen LogP contribution in [0.2, 0.25) is 0 Å². The van der Waals surface area contributed by atoms with E-state index in [1.165, 1.54) is 24.3 Å². The Bertz CT molecular complexity index is 706. The maximum Gasteiger partial charge on any atom is 0.319 e. The average Bonchev–Trinajstić information content (AvgIpc) is 2.61. The zero-order valence-electron chi connectivity index (χ0n) is 14.5. The number of amides is 2. The maximum absolute atomic E-state index is 12.9. The Labute approximate surface area is 146 Å². The molecule has 0 heterocycles. The van der Waals surface area contributed by atoms with E-state index in [1.807, 2.05) is 25.1 Å². The number of halogens is 1. The predicted molar refractivity (Wildman–Crippen MR) is 94.8 cm³/mol. The Kier molecular flexibility index (Phi) is 6.50. The van der Waals surface area contributed by atoms with Crippen LogP contribution < -0.4 is 10.6 Å². The maximum atomic E-state index is 12.9. The molecule has 5 nitrogen and oxygen atoms in total. The van der Waals surface area contributed by atoms with E-state index in [0.29, 0.717) is 11.3 Å². The summed E-state index contributed by atoms with van der Waals surface area (Å²) in [6.07, 6.45) is -1.02. The minimum Gasteiger partial charge on any atom is -0.386 e. The molecule has 0 aliphatic carbocycles. The number of hydrogen-bond acceptors (Lipinski definition) is 3. The van der Waals surface area contributed by atoms with Gasteiger partial charge in [-0.1, -0.05) is 24.3 Å². The Morgan fingerprint density at radius 2 is 1.80 bits per heavy atom. The molecule has 2 aromatic rings. The molecule has 0 aliphatic rings. The number of urea groups is 1. The number of aliphatic hydroxyl groups is 1. The molecule has 3 atom stereocenters. The summed E-state index contributed by atoms with van der Waals surface area (Å²) in [5.74, 6) is -0.375.